The van der Waals surface area contributed by atoms with E-state index in [2.05, 4.69) is 0 Å². The van der Waals surface area contributed by atoms with Crippen LogP contribution in [0.2, 0.25) is 0 Å². The summed E-state index contributed by atoms with van der Waals surface area (Å²) in [6, 6.07) is 7.14. The minimum absolute atomic E-state index is 0.0405. The highest BCUT2D eigenvalue weighted by Gasteiger charge is 2.38. The number of ether oxygens (including phenoxy) is 6. The van der Waals surface area contributed by atoms with Crippen molar-refractivity contribution in [2.24, 2.45) is 0 Å². The highest BCUT2D eigenvalue weighted by Crippen LogP contribution is 2.51. The van der Waals surface area contributed by atoms with E-state index < -0.39 is 24.2 Å². The molecule has 0 aliphatic carbocycles. The molecule has 0 unspecified atom stereocenters. The molecule has 4 aromatic rings. The zero-order valence-electron chi connectivity index (χ0n) is 20.4. The summed E-state index contributed by atoms with van der Waals surface area (Å²) < 4.78 is 39.7. The lowest BCUT2D eigenvalue weighted by Gasteiger charge is -2.34. The van der Waals surface area contributed by atoms with Crippen LogP contribution in [0, 0.1) is 0 Å². The minimum Gasteiger partial charge on any atom is -0.508 e. The van der Waals surface area contributed by atoms with E-state index in [1.54, 1.807) is 0 Å². The molecule has 0 saturated carbocycles. The zero-order chi connectivity index (χ0) is 26.4. The number of rotatable bonds is 6. The normalized spacial score (nSPS) is 16.6. The Morgan fingerprint density at radius 3 is 2.05 bits per heavy atom. The molecule has 37 heavy (non-hydrogen) atoms. The topological polar surface area (TPSA) is 146 Å². The fourth-order valence-corrected chi connectivity index (χ4v) is 4.44. The van der Waals surface area contributed by atoms with E-state index in [9.17, 15) is 20.1 Å². The molecule has 11 heteroatoms. The maximum Gasteiger partial charge on any atom is 0.209 e. The number of aliphatic hydroxyl groups excluding tert-OH is 1. The third-order valence-electron chi connectivity index (χ3n) is 6.19. The first-order valence-electron chi connectivity index (χ1n) is 11.1. The zero-order valence-corrected chi connectivity index (χ0v) is 20.4. The maximum atomic E-state index is 13.5. The van der Waals surface area contributed by atoms with Gasteiger partial charge in [0, 0.05) is 17.7 Å². The molecule has 0 spiro atoms. The van der Waals surface area contributed by atoms with Gasteiger partial charge >= 0.3 is 0 Å². The molecule has 2 atom stereocenters. The Hall–Kier alpha value is -4.51. The lowest BCUT2D eigenvalue weighted by Crippen LogP contribution is -2.36. The molecule has 0 amide bonds. The number of phenols is 2. The van der Waals surface area contributed by atoms with Gasteiger partial charge in [-0.25, -0.2) is 0 Å². The molecular weight excluding hydrogens is 488 g/mol. The van der Waals surface area contributed by atoms with Gasteiger partial charge in [0.15, 0.2) is 35.0 Å². The quantitative estimate of drug-likeness (QED) is 0.327. The first-order valence-corrected chi connectivity index (χ1v) is 11.1. The van der Waals surface area contributed by atoms with Crippen LogP contribution in [0.15, 0.2) is 39.5 Å². The molecule has 2 heterocycles. The van der Waals surface area contributed by atoms with Gasteiger partial charge in [0.2, 0.25) is 22.7 Å². The number of aliphatic hydroxyl groups is 1. The van der Waals surface area contributed by atoms with Gasteiger partial charge in [-0.15, -0.1) is 0 Å². The van der Waals surface area contributed by atoms with E-state index in [1.165, 1.54) is 58.8 Å². The lowest BCUT2D eigenvalue weighted by molar-refractivity contribution is -0.0135. The standard InChI is InChI=1S/C26H24O11/c1-31-14-7-12(28)8-15-20(14)21(29)13-9-18(34-4)25-26(24(13)35-15)36-19(10-27)23(37-25)11-5-16(32-2)22(30)17(6-11)33-3/h5-9,19,23,27-28,30H,10H2,1-4H3/t19-,23-/m1/s1. The highest BCUT2D eigenvalue weighted by molar-refractivity contribution is 5.98. The molecule has 1 aromatic heterocycles. The predicted molar refractivity (Wildman–Crippen MR) is 131 cm³/mol. The molecule has 3 N–H and O–H groups in total. The minimum atomic E-state index is -0.957. The number of aromatic hydroxyl groups is 2. The van der Waals surface area contributed by atoms with Crippen LogP contribution in [0.3, 0.4) is 0 Å². The van der Waals surface area contributed by atoms with Gasteiger partial charge in [-0.3, -0.25) is 4.79 Å². The average molecular weight is 512 g/mol. The molecule has 0 fully saturated rings. The predicted octanol–water partition coefficient (Wildman–Crippen LogP) is 3.27. The largest absolute Gasteiger partial charge is 0.508 e. The fourth-order valence-electron chi connectivity index (χ4n) is 4.44. The van der Waals surface area contributed by atoms with Crippen LogP contribution < -0.4 is 33.8 Å². The summed E-state index contributed by atoms with van der Waals surface area (Å²) in [6.07, 6.45) is -1.84. The molecule has 5 rings (SSSR count). The Morgan fingerprint density at radius 1 is 0.811 bits per heavy atom. The Kier molecular flexibility index (Phi) is 6.00. The van der Waals surface area contributed by atoms with E-state index >= 15 is 0 Å². The number of hydrogen-bond acceptors (Lipinski definition) is 11. The molecule has 11 nitrogen and oxygen atoms in total. The van der Waals surface area contributed by atoms with Gasteiger partial charge in [0.25, 0.3) is 0 Å². The second kappa shape index (κ2) is 9.17. The number of methoxy groups -OCH3 is 4. The molecule has 0 radical (unpaired) electrons. The number of phenolic OH excluding ortho intramolecular Hbond substituents is 2. The maximum absolute atomic E-state index is 13.5. The summed E-state index contributed by atoms with van der Waals surface area (Å²) in [4.78, 5) is 13.5. The van der Waals surface area contributed by atoms with Crippen molar-refractivity contribution in [1.29, 1.82) is 0 Å². The highest BCUT2D eigenvalue weighted by atomic mass is 16.6. The first kappa shape index (κ1) is 24.2. The average Bonchev–Trinajstić information content (AvgIpc) is 2.91. The van der Waals surface area contributed by atoms with Crippen molar-refractivity contribution in [2.45, 2.75) is 12.2 Å². The SMILES string of the molecule is COc1cc([C@H]2Oc3c(OC)cc4c(=O)c5c(OC)cc(O)cc5oc4c3O[C@@H]2CO)cc(OC)c1O. The molecule has 1 aliphatic heterocycles. The van der Waals surface area contributed by atoms with Gasteiger partial charge in [0.05, 0.1) is 40.4 Å². The summed E-state index contributed by atoms with van der Waals surface area (Å²) in [5.74, 6) is 0.426. The van der Waals surface area contributed by atoms with E-state index in [4.69, 9.17) is 32.8 Å². The second-order valence-electron chi connectivity index (χ2n) is 8.22. The Labute approximate surface area is 209 Å². The van der Waals surface area contributed by atoms with Gasteiger partial charge in [-0.2, -0.15) is 0 Å². The number of benzene rings is 3. The van der Waals surface area contributed by atoms with Crippen molar-refractivity contribution in [3.8, 4) is 46.0 Å². The van der Waals surface area contributed by atoms with Crippen molar-refractivity contribution in [2.75, 3.05) is 35.0 Å². The van der Waals surface area contributed by atoms with Crippen LogP contribution in [0.4, 0.5) is 0 Å². The van der Waals surface area contributed by atoms with Crippen LogP contribution >= 0.6 is 0 Å². The van der Waals surface area contributed by atoms with Crippen LogP contribution in [0.25, 0.3) is 21.9 Å². The van der Waals surface area contributed by atoms with E-state index in [0.29, 0.717) is 5.56 Å². The second-order valence-corrected chi connectivity index (χ2v) is 8.22. The number of fused-ring (bicyclic) bond motifs is 4. The monoisotopic (exact) mass is 512 g/mol. The van der Waals surface area contributed by atoms with Crippen LogP contribution in [-0.2, 0) is 0 Å². The van der Waals surface area contributed by atoms with Crippen LogP contribution in [0.5, 0.6) is 46.0 Å². The Morgan fingerprint density at radius 2 is 1.46 bits per heavy atom. The van der Waals surface area contributed by atoms with Crippen molar-refractivity contribution in [1.82, 2.24) is 0 Å². The third kappa shape index (κ3) is 3.75. The smallest absolute Gasteiger partial charge is 0.209 e. The summed E-state index contributed by atoms with van der Waals surface area (Å²) in [6.45, 7) is -0.471. The molecule has 0 bridgehead atoms. The van der Waals surface area contributed by atoms with Crippen molar-refractivity contribution < 1.29 is 48.2 Å². The van der Waals surface area contributed by atoms with Gasteiger partial charge in [0.1, 0.15) is 22.5 Å². The first-order chi connectivity index (χ1) is 17.8. The van der Waals surface area contributed by atoms with Crippen LogP contribution in [0.1, 0.15) is 11.7 Å². The Bertz CT molecular complexity index is 1550. The van der Waals surface area contributed by atoms with Crippen molar-refractivity contribution >= 4 is 21.9 Å². The van der Waals surface area contributed by atoms with E-state index in [1.807, 2.05) is 0 Å². The molecule has 194 valence electrons. The molecule has 0 saturated heterocycles. The summed E-state index contributed by atoms with van der Waals surface area (Å²) >= 11 is 0. The summed E-state index contributed by atoms with van der Waals surface area (Å²) in [5, 5.41) is 30.8. The lowest BCUT2D eigenvalue weighted by atomic mass is 10.0. The van der Waals surface area contributed by atoms with Crippen LogP contribution in [-0.4, -0.2) is 56.5 Å². The van der Waals surface area contributed by atoms with Crippen molar-refractivity contribution in [3.05, 3.63) is 46.1 Å². The van der Waals surface area contributed by atoms with Gasteiger partial charge in [-0.05, 0) is 18.2 Å². The fraction of sp³-hybridized carbons (Fsp3) is 0.269. The molecular formula is C26H24O11. The molecule has 3 aromatic carbocycles. The van der Waals surface area contributed by atoms with E-state index in [-0.39, 0.29) is 67.9 Å². The Balaban J connectivity index is 1.75. The van der Waals surface area contributed by atoms with Crippen molar-refractivity contribution in [3.63, 3.8) is 0 Å². The van der Waals surface area contributed by atoms with Gasteiger partial charge < -0.3 is 48.2 Å². The van der Waals surface area contributed by atoms with Gasteiger partial charge in [-0.1, -0.05) is 0 Å². The summed E-state index contributed by atoms with van der Waals surface area (Å²) in [7, 11) is 5.57. The summed E-state index contributed by atoms with van der Waals surface area (Å²) in [5.41, 5.74) is 0.154. The number of hydrogen-bond donors (Lipinski definition) is 3. The van der Waals surface area contributed by atoms with E-state index in [0.717, 1.165) is 0 Å². The molecule has 1 aliphatic rings. The third-order valence-corrected chi connectivity index (χ3v) is 6.19.